The summed E-state index contributed by atoms with van der Waals surface area (Å²) in [6.45, 7) is 3.78. The smallest absolute Gasteiger partial charge is 0.339 e. The summed E-state index contributed by atoms with van der Waals surface area (Å²) >= 11 is 0. The van der Waals surface area contributed by atoms with Crippen molar-refractivity contribution in [2.45, 2.75) is 13.8 Å². The van der Waals surface area contributed by atoms with E-state index in [1.54, 1.807) is 47.6 Å². The summed E-state index contributed by atoms with van der Waals surface area (Å²) in [5.74, 6) is -0.450. The summed E-state index contributed by atoms with van der Waals surface area (Å²) in [7, 11) is 1.30. The molecule has 3 aromatic rings. The third-order valence-corrected chi connectivity index (χ3v) is 3.94. The van der Waals surface area contributed by atoms with E-state index in [1.165, 1.54) is 7.11 Å². The number of esters is 1. The number of nitrogens with zero attached hydrogens (tertiary/aromatic N) is 4. The molecular formula is C18H17N5O3. The highest BCUT2D eigenvalue weighted by Gasteiger charge is 2.17. The molecule has 26 heavy (non-hydrogen) atoms. The Labute approximate surface area is 149 Å². The number of aromatic nitrogens is 4. The maximum Gasteiger partial charge on any atom is 0.339 e. The summed E-state index contributed by atoms with van der Waals surface area (Å²) in [6.07, 6.45) is 4.93. The predicted octanol–water partition coefficient (Wildman–Crippen LogP) is 2.32. The fourth-order valence-electron chi connectivity index (χ4n) is 2.36. The zero-order valence-electron chi connectivity index (χ0n) is 14.6. The van der Waals surface area contributed by atoms with Gasteiger partial charge in [-0.05, 0) is 49.2 Å². The standard InChI is InChI=1S/C18H17N5O3/c1-11-8-13(18(25)26-3)15(9-12(11)2)20-17(24)14-4-5-16(22-21-14)23-7-6-19-10-23/h4-10H,1-3H3,(H,20,24). The van der Waals surface area contributed by atoms with Crippen molar-refractivity contribution in [1.82, 2.24) is 19.7 Å². The first kappa shape index (κ1) is 17.3. The number of ether oxygens (including phenoxy) is 1. The van der Waals surface area contributed by atoms with E-state index in [2.05, 4.69) is 20.5 Å². The fourth-order valence-corrected chi connectivity index (χ4v) is 2.36. The van der Waals surface area contributed by atoms with Crippen LogP contribution in [0.5, 0.6) is 0 Å². The van der Waals surface area contributed by atoms with Gasteiger partial charge in [-0.1, -0.05) is 0 Å². The minimum Gasteiger partial charge on any atom is -0.465 e. The third-order valence-electron chi connectivity index (χ3n) is 3.94. The van der Waals surface area contributed by atoms with Crippen LogP contribution in [0.3, 0.4) is 0 Å². The molecule has 1 amide bonds. The highest BCUT2D eigenvalue weighted by atomic mass is 16.5. The number of carbonyl (C=O) groups excluding carboxylic acids is 2. The van der Waals surface area contributed by atoms with Gasteiger partial charge in [-0.25, -0.2) is 9.78 Å². The van der Waals surface area contributed by atoms with Gasteiger partial charge in [-0.3, -0.25) is 9.36 Å². The molecule has 0 radical (unpaired) electrons. The molecule has 2 heterocycles. The molecule has 0 aliphatic carbocycles. The highest BCUT2D eigenvalue weighted by Crippen LogP contribution is 2.22. The van der Waals surface area contributed by atoms with E-state index >= 15 is 0 Å². The normalized spacial score (nSPS) is 10.4. The first-order valence-corrected chi connectivity index (χ1v) is 7.82. The van der Waals surface area contributed by atoms with Crippen LogP contribution < -0.4 is 5.32 Å². The van der Waals surface area contributed by atoms with Crippen LogP contribution in [0.25, 0.3) is 5.82 Å². The number of amides is 1. The van der Waals surface area contributed by atoms with E-state index in [4.69, 9.17) is 4.74 Å². The Morgan fingerprint density at radius 2 is 1.88 bits per heavy atom. The van der Waals surface area contributed by atoms with E-state index in [9.17, 15) is 9.59 Å². The van der Waals surface area contributed by atoms with Crippen LogP contribution >= 0.6 is 0 Å². The van der Waals surface area contributed by atoms with Gasteiger partial charge in [-0.15, -0.1) is 10.2 Å². The van der Waals surface area contributed by atoms with Gasteiger partial charge in [-0.2, -0.15) is 0 Å². The van der Waals surface area contributed by atoms with Crippen molar-refractivity contribution in [3.05, 3.63) is 65.4 Å². The van der Waals surface area contributed by atoms with Crippen molar-refractivity contribution < 1.29 is 14.3 Å². The van der Waals surface area contributed by atoms with Crippen LogP contribution in [0, 0.1) is 13.8 Å². The summed E-state index contributed by atoms with van der Waals surface area (Å²) < 4.78 is 6.46. The molecule has 0 saturated carbocycles. The summed E-state index contributed by atoms with van der Waals surface area (Å²) in [5, 5.41) is 10.7. The van der Waals surface area contributed by atoms with Crippen molar-refractivity contribution in [3.8, 4) is 5.82 Å². The van der Waals surface area contributed by atoms with Crippen LogP contribution in [-0.2, 0) is 4.74 Å². The average Bonchev–Trinajstić information content (AvgIpc) is 3.18. The van der Waals surface area contributed by atoms with Crippen molar-refractivity contribution in [2.24, 2.45) is 0 Å². The lowest BCUT2D eigenvalue weighted by Gasteiger charge is -2.12. The molecule has 0 atom stereocenters. The van der Waals surface area contributed by atoms with Gasteiger partial charge >= 0.3 is 5.97 Å². The van der Waals surface area contributed by atoms with Gasteiger partial charge in [0.2, 0.25) is 0 Å². The summed E-state index contributed by atoms with van der Waals surface area (Å²) in [6, 6.07) is 6.62. The van der Waals surface area contributed by atoms with Crippen molar-refractivity contribution in [1.29, 1.82) is 0 Å². The minimum atomic E-state index is -0.523. The number of imidazole rings is 1. The second kappa shape index (κ2) is 7.14. The molecule has 0 aliphatic rings. The van der Waals surface area contributed by atoms with E-state index < -0.39 is 11.9 Å². The molecule has 0 saturated heterocycles. The molecule has 8 heteroatoms. The minimum absolute atomic E-state index is 0.128. The number of nitrogens with one attached hydrogen (secondary N) is 1. The predicted molar refractivity (Wildman–Crippen MR) is 94.4 cm³/mol. The summed E-state index contributed by atoms with van der Waals surface area (Å²) in [4.78, 5) is 28.4. The van der Waals surface area contributed by atoms with Crippen molar-refractivity contribution in [3.63, 3.8) is 0 Å². The molecule has 1 aromatic carbocycles. The molecule has 8 nitrogen and oxygen atoms in total. The molecule has 0 fully saturated rings. The van der Waals surface area contributed by atoms with E-state index in [0.717, 1.165) is 11.1 Å². The highest BCUT2D eigenvalue weighted by molar-refractivity contribution is 6.07. The zero-order chi connectivity index (χ0) is 18.7. The van der Waals surface area contributed by atoms with Gasteiger partial charge in [0.15, 0.2) is 11.5 Å². The molecule has 0 unspecified atom stereocenters. The Bertz CT molecular complexity index is 950. The van der Waals surface area contributed by atoms with Crippen LogP contribution in [0.4, 0.5) is 5.69 Å². The fraction of sp³-hybridized carbons (Fsp3) is 0.167. The van der Waals surface area contributed by atoms with Gasteiger partial charge in [0.25, 0.3) is 5.91 Å². The SMILES string of the molecule is COC(=O)c1cc(C)c(C)cc1NC(=O)c1ccc(-n2ccnc2)nn1. The number of aryl methyl sites for hydroxylation is 2. The Morgan fingerprint density at radius 1 is 1.12 bits per heavy atom. The molecule has 1 N–H and O–H groups in total. The van der Waals surface area contributed by atoms with Gasteiger partial charge in [0, 0.05) is 12.4 Å². The monoisotopic (exact) mass is 351 g/mol. The largest absolute Gasteiger partial charge is 0.465 e. The first-order valence-electron chi connectivity index (χ1n) is 7.82. The number of methoxy groups -OCH3 is 1. The number of hydrogen-bond acceptors (Lipinski definition) is 6. The number of anilines is 1. The van der Waals surface area contributed by atoms with E-state index in [0.29, 0.717) is 11.5 Å². The van der Waals surface area contributed by atoms with Gasteiger partial charge < -0.3 is 10.1 Å². The second-order valence-electron chi connectivity index (χ2n) is 5.67. The number of benzene rings is 1. The van der Waals surface area contributed by atoms with E-state index in [1.807, 2.05) is 13.8 Å². The first-order chi connectivity index (χ1) is 12.5. The average molecular weight is 351 g/mol. The lowest BCUT2D eigenvalue weighted by atomic mass is 10.0. The maximum absolute atomic E-state index is 12.5. The Balaban J connectivity index is 1.86. The van der Waals surface area contributed by atoms with Crippen LogP contribution in [0.15, 0.2) is 43.0 Å². The van der Waals surface area contributed by atoms with Crippen LogP contribution in [0.1, 0.15) is 32.0 Å². The lowest BCUT2D eigenvalue weighted by Crippen LogP contribution is -2.18. The molecule has 0 spiro atoms. The van der Waals surface area contributed by atoms with Crippen molar-refractivity contribution in [2.75, 3.05) is 12.4 Å². The maximum atomic E-state index is 12.5. The quantitative estimate of drug-likeness (QED) is 0.724. The van der Waals surface area contributed by atoms with Crippen LogP contribution in [-0.4, -0.2) is 38.7 Å². The lowest BCUT2D eigenvalue weighted by molar-refractivity contribution is 0.0602. The topological polar surface area (TPSA) is 99.0 Å². The second-order valence-corrected chi connectivity index (χ2v) is 5.67. The van der Waals surface area contributed by atoms with Gasteiger partial charge in [0.05, 0.1) is 18.4 Å². The van der Waals surface area contributed by atoms with Crippen LogP contribution in [0.2, 0.25) is 0 Å². The molecule has 2 aromatic heterocycles. The molecular weight excluding hydrogens is 334 g/mol. The Hall–Kier alpha value is -3.55. The number of carbonyl (C=O) groups is 2. The third kappa shape index (κ3) is 3.44. The molecule has 0 aliphatic heterocycles. The zero-order valence-corrected chi connectivity index (χ0v) is 14.6. The van der Waals surface area contributed by atoms with E-state index in [-0.39, 0.29) is 11.3 Å². The number of rotatable bonds is 4. The molecule has 3 rings (SSSR count). The number of hydrogen-bond donors (Lipinski definition) is 1. The molecule has 0 bridgehead atoms. The van der Waals surface area contributed by atoms with Gasteiger partial charge in [0.1, 0.15) is 6.33 Å². The Kier molecular flexibility index (Phi) is 4.74. The Morgan fingerprint density at radius 3 is 2.50 bits per heavy atom. The summed E-state index contributed by atoms with van der Waals surface area (Å²) in [5.41, 5.74) is 2.64. The van der Waals surface area contributed by atoms with Crippen molar-refractivity contribution >= 4 is 17.6 Å². The molecule has 132 valence electrons.